The summed E-state index contributed by atoms with van der Waals surface area (Å²) in [5.74, 6) is 1.38. The highest BCUT2D eigenvalue weighted by atomic mass is 127. The van der Waals surface area contributed by atoms with E-state index >= 15 is 0 Å². The number of nitrogens with zero attached hydrogens (tertiary/aromatic N) is 1. The minimum absolute atomic E-state index is 0. The van der Waals surface area contributed by atoms with E-state index in [1.54, 1.807) is 14.2 Å². The van der Waals surface area contributed by atoms with Crippen LogP contribution in [0.5, 0.6) is 0 Å². The van der Waals surface area contributed by atoms with Gasteiger partial charge in [-0.3, -0.25) is 4.99 Å². The van der Waals surface area contributed by atoms with Crippen molar-refractivity contribution in [3.05, 3.63) is 0 Å². The van der Waals surface area contributed by atoms with Gasteiger partial charge in [-0.05, 0) is 12.3 Å². The molecular weight excluding hydrogens is 385 g/mol. The fraction of sp³-hybridized carbons (Fsp3) is 0.929. The molecule has 2 N–H and O–H groups in total. The van der Waals surface area contributed by atoms with Gasteiger partial charge < -0.3 is 24.8 Å². The average molecular weight is 417 g/mol. The number of nitrogens with one attached hydrogen (secondary N) is 2. The standard InChI is InChI=1S/C14H31N3O3.HI/c1-13(2)12-20-9-7-17-14(15-3)16-6-5-8-19-11-10-18-4;/h13H,5-12H2,1-4H3,(H2,15,16,17);1H. The molecule has 0 radical (unpaired) electrons. The van der Waals surface area contributed by atoms with Crippen molar-refractivity contribution in [2.45, 2.75) is 20.3 Å². The van der Waals surface area contributed by atoms with Gasteiger partial charge in [-0.15, -0.1) is 24.0 Å². The van der Waals surface area contributed by atoms with Gasteiger partial charge in [0, 0.05) is 40.5 Å². The number of ether oxygens (including phenoxy) is 3. The van der Waals surface area contributed by atoms with Crippen LogP contribution in [0.2, 0.25) is 0 Å². The number of halogens is 1. The third-order valence-corrected chi connectivity index (χ3v) is 2.40. The lowest BCUT2D eigenvalue weighted by Gasteiger charge is -2.12. The summed E-state index contributed by atoms with van der Waals surface area (Å²) in [6.45, 7) is 9.39. The van der Waals surface area contributed by atoms with Gasteiger partial charge in [0.05, 0.1) is 19.8 Å². The molecule has 0 aromatic carbocycles. The van der Waals surface area contributed by atoms with Crippen molar-refractivity contribution < 1.29 is 14.2 Å². The summed E-state index contributed by atoms with van der Waals surface area (Å²) in [6.07, 6.45) is 0.939. The fourth-order valence-corrected chi connectivity index (χ4v) is 1.41. The number of hydrogen-bond acceptors (Lipinski definition) is 4. The molecule has 0 aliphatic heterocycles. The number of rotatable bonds is 12. The van der Waals surface area contributed by atoms with Gasteiger partial charge in [-0.2, -0.15) is 0 Å². The molecule has 0 bridgehead atoms. The molecule has 0 amide bonds. The maximum absolute atomic E-state index is 5.49. The summed E-state index contributed by atoms with van der Waals surface area (Å²) in [6, 6.07) is 0. The fourth-order valence-electron chi connectivity index (χ4n) is 1.41. The molecule has 0 unspecified atom stereocenters. The second-order valence-electron chi connectivity index (χ2n) is 4.85. The van der Waals surface area contributed by atoms with Crippen LogP contribution in [0.15, 0.2) is 4.99 Å². The van der Waals surface area contributed by atoms with Gasteiger partial charge >= 0.3 is 0 Å². The zero-order chi connectivity index (χ0) is 15.1. The zero-order valence-corrected chi connectivity index (χ0v) is 16.1. The lowest BCUT2D eigenvalue weighted by Crippen LogP contribution is -2.39. The molecule has 6 nitrogen and oxygen atoms in total. The van der Waals surface area contributed by atoms with E-state index in [0.717, 1.165) is 38.7 Å². The minimum atomic E-state index is 0. The summed E-state index contributed by atoms with van der Waals surface area (Å²) in [5, 5.41) is 6.44. The van der Waals surface area contributed by atoms with Crippen LogP contribution in [0.25, 0.3) is 0 Å². The van der Waals surface area contributed by atoms with E-state index in [2.05, 4.69) is 29.5 Å². The summed E-state index contributed by atoms with van der Waals surface area (Å²) in [4.78, 5) is 4.15. The molecule has 21 heavy (non-hydrogen) atoms. The molecule has 0 aliphatic rings. The van der Waals surface area contributed by atoms with Crippen LogP contribution in [-0.4, -0.2) is 66.2 Å². The smallest absolute Gasteiger partial charge is 0.191 e. The first-order chi connectivity index (χ1) is 9.70. The molecule has 0 aromatic heterocycles. The molecule has 0 spiro atoms. The zero-order valence-electron chi connectivity index (χ0n) is 13.8. The maximum Gasteiger partial charge on any atom is 0.191 e. The highest BCUT2D eigenvalue weighted by Gasteiger charge is 1.97. The largest absolute Gasteiger partial charge is 0.382 e. The molecular formula is C14H32IN3O3. The van der Waals surface area contributed by atoms with Crippen LogP contribution >= 0.6 is 24.0 Å². The molecule has 0 saturated carbocycles. The Morgan fingerprint density at radius 1 is 1.00 bits per heavy atom. The number of methoxy groups -OCH3 is 1. The van der Waals surface area contributed by atoms with Crippen molar-refractivity contribution in [3.8, 4) is 0 Å². The Morgan fingerprint density at radius 2 is 1.71 bits per heavy atom. The van der Waals surface area contributed by atoms with Crippen molar-refractivity contribution in [1.29, 1.82) is 0 Å². The predicted molar refractivity (Wildman–Crippen MR) is 97.7 cm³/mol. The van der Waals surface area contributed by atoms with E-state index < -0.39 is 0 Å². The monoisotopic (exact) mass is 417 g/mol. The van der Waals surface area contributed by atoms with Crippen molar-refractivity contribution in [3.63, 3.8) is 0 Å². The Hall–Kier alpha value is -0.120. The van der Waals surface area contributed by atoms with Crippen molar-refractivity contribution in [1.82, 2.24) is 10.6 Å². The first-order valence-electron chi connectivity index (χ1n) is 7.29. The summed E-state index contributed by atoms with van der Waals surface area (Å²) >= 11 is 0. The van der Waals surface area contributed by atoms with Gasteiger partial charge in [0.1, 0.15) is 0 Å². The summed E-state index contributed by atoms with van der Waals surface area (Å²) in [5.41, 5.74) is 0. The molecule has 0 aromatic rings. The van der Waals surface area contributed by atoms with Crippen LogP contribution in [-0.2, 0) is 14.2 Å². The molecule has 0 fully saturated rings. The summed E-state index contributed by atoms with van der Waals surface area (Å²) in [7, 11) is 3.44. The second-order valence-corrected chi connectivity index (χ2v) is 4.85. The van der Waals surface area contributed by atoms with Gasteiger partial charge in [-0.1, -0.05) is 13.8 Å². The second kappa shape index (κ2) is 17.9. The van der Waals surface area contributed by atoms with Gasteiger partial charge in [-0.25, -0.2) is 0 Å². The first-order valence-corrected chi connectivity index (χ1v) is 7.29. The SMILES string of the molecule is CN=C(NCCCOCCOC)NCCOCC(C)C.I. The quantitative estimate of drug-likeness (QED) is 0.218. The van der Waals surface area contributed by atoms with E-state index in [0.29, 0.717) is 25.7 Å². The highest BCUT2D eigenvalue weighted by Crippen LogP contribution is 1.90. The van der Waals surface area contributed by atoms with E-state index in [9.17, 15) is 0 Å². The van der Waals surface area contributed by atoms with Gasteiger partial charge in [0.2, 0.25) is 0 Å². The van der Waals surface area contributed by atoms with Crippen molar-refractivity contribution in [2.24, 2.45) is 10.9 Å². The highest BCUT2D eigenvalue weighted by molar-refractivity contribution is 14.0. The summed E-state index contributed by atoms with van der Waals surface area (Å²) < 4.78 is 15.8. The van der Waals surface area contributed by atoms with Crippen LogP contribution in [0.3, 0.4) is 0 Å². The van der Waals surface area contributed by atoms with E-state index in [1.807, 2.05) is 0 Å². The van der Waals surface area contributed by atoms with Crippen molar-refractivity contribution in [2.75, 3.05) is 60.3 Å². The van der Waals surface area contributed by atoms with Gasteiger partial charge in [0.15, 0.2) is 5.96 Å². The molecule has 0 rings (SSSR count). The lowest BCUT2D eigenvalue weighted by atomic mass is 10.2. The molecule has 128 valence electrons. The first kappa shape index (κ1) is 23.2. The van der Waals surface area contributed by atoms with Crippen LogP contribution < -0.4 is 10.6 Å². The molecule has 0 heterocycles. The number of aliphatic imine (C=N–C) groups is 1. The maximum atomic E-state index is 5.49. The number of hydrogen-bond donors (Lipinski definition) is 2. The third-order valence-electron chi connectivity index (χ3n) is 2.40. The Bertz CT molecular complexity index is 242. The topological polar surface area (TPSA) is 64.1 Å². The van der Waals surface area contributed by atoms with E-state index in [4.69, 9.17) is 14.2 Å². The molecule has 7 heteroatoms. The third kappa shape index (κ3) is 17.8. The van der Waals surface area contributed by atoms with Crippen molar-refractivity contribution >= 4 is 29.9 Å². The average Bonchev–Trinajstić information content (AvgIpc) is 2.43. The van der Waals surface area contributed by atoms with Gasteiger partial charge in [0.25, 0.3) is 0 Å². The van der Waals surface area contributed by atoms with Crippen LogP contribution in [0.4, 0.5) is 0 Å². The predicted octanol–water partition coefficient (Wildman–Crippen LogP) is 1.50. The number of guanidine groups is 1. The molecule has 0 atom stereocenters. The Morgan fingerprint density at radius 3 is 2.33 bits per heavy atom. The normalized spacial score (nSPS) is 11.4. The van der Waals surface area contributed by atoms with Crippen LogP contribution in [0, 0.1) is 5.92 Å². The molecule has 0 saturated heterocycles. The lowest BCUT2D eigenvalue weighted by molar-refractivity contribution is 0.0698. The minimum Gasteiger partial charge on any atom is -0.382 e. The Labute approximate surface area is 146 Å². The Kier molecular flexibility index (Phi) is 19.8. The molecule has 0 aliphatic carbocycles. The van der Waals surface area contributed by atoms with E-state index in [-0.39, 0.29) is 24.0 Å². The van der Waals surface area contributed by atoms with Crippen LogP contribution in [0.1, 0.15) is 20.3 Å². The van der Waals surface area contributed by atoms with E-state index in [1.165, 1.54) is 0 Å². The Balaban J connectivity index is 0.